The average molecular weight is 417 g/mol. The van der Waals surface area contributed by atoms with Gasteiger partial charge in [0.05, 0.1) is 11.3 Å². The molecule has 1 heterocycles. The fraction of sp³-hybridized carbons (Fsp3) is 0.296. The second kappa shape index (κ2) is 8.18. The van der Waals surface area contributed by atoms with Crippen LogP contribution in [0.1, 0.15) is 55.7 Å². The fourth-order valence-corrected chi connectivity index (χ4v) is 4.34. The van der Waals surface area contributed by atoms with Crippen molar-refractivity contribution >= 4 is 17.1 Å². The summed E-state index contributed by atoms with van der Waals surface area (Å²) in [6.45, 7) is 12.4. The molecule has 4 heteroatoms. The molecule has 2 aromatic rings. The van der Waals surface area contributed by atoms with E-state index >= 15 is 0 Å². The van der Waals surface area contributed by atoms with Crippen molar-refractivity contribution in [3.63, 3.8) is 0 Å². The SMILES string of the molecule is C=C1CCC2(CCC2)OC1=C(C)C(=C)c1ccc(N=C(N)c2c(C)cccc2F)cc1. The quantitative estimate of drug-likeness (QED) is 0.443. The lowest BCUT2D eigenvalue weighted by Gasteiger charge is -2.46. The summed E-state index contributed by atoms with van der Waals surface area (Å²) in [5, 5.41) is 0. The molecule has 0 unspecified atom stereocenters. The van der Waals surface area contributed by atoms with Crippen LogP contribution in [0.25, 0.3) is 5.57 Å². The molecule has 0 atom stereocenters. The smallest absolute Gasteiger partial charge is 0.134 e. The lowest BCUT2D eigenvalue weighted by Crippen LogP contribution is -2.42. The minimum Gasteiger partial charge on any atom is -0.487 e. The van der Waals surface area contributed by atoms with Gasteiger partial charge in [0.1, 0.15) is 23.0 Å². The van der Waals surface area contributed by atoms with E-state index in [2.05, 4.69) is 18.2 Å². The number of rotatable bonds is 4. The van der Waals surface area contributed by atoms with Crippen LogP contribution in [0.4, 0.5) is 10.1 Å². The van der Waals surface area contributed by atoms with Crippen molar-refractivity contribution in [1.29, 1.82) is 0 Å². The number of hydrogen-bond donors (Lipinski definition) is 1. The van der Waals surface area contributed by atoms with Crippen molar-refractivity contribution in [2.24, 2.45) is 10.7 Å². The normalized spacial score (nSPS) is 19.6. The first-order valence-corrected chi connectivity index (χ1v) is 10.8. The summed E-state index contributed by atoms with van der Waals surface area (Å²) in [6, 6.07) is 12.5. The maximum absolute atomic E-state index is 14.2. The molecule has 1 aliphatic carbocycles. The van der Waals surface area contributed by atoms with Gasteiger partial charge >= 0.3 is 0 Å². The van der Waals surface area contributed by atoms with Gasteiger partial charge in [-0.15, -0.1) is 0 Å². The molecule has 3 nitrogen and oxygen atoms in total. The zero-order chi connectivity index (χ0) is 22.2. The Kier molecular flexibility index (Phi) is 5.57. The summed E-state index contributed by atoms with van der Waals surface area (Å²) >= 11 is 0. The van der Waals surface area contributed by atoms with Crippen molar-refractivity contribution in [3.05, 3.63) is 95.0 Å². The van der Waals surface area contributed by atoms with Crippen LogP contribution in [0.5, 0.6) is 0 Å². The summed E-state index contributed by atoms with van der Waals surface area (Å²) in [6.07, 6.45) is 5.52. The van der Waals surface area contributed by atoms with E-state index in [1.54, 1.807) is 6.07 Å². The molecule has 0 aromatic heterocycles. The predicted molar refractivity (Wildman–Crippen MR) is 126 cm³/mol. The molecule has 2 aromatic carbocycles. The zero-order valence-electron chi connectivity index (χ0n) is 18.3. The monoisotopic (exact) mass is 416 g/mol. The van der Waals surface area contributed by atoms with Gasteiger partial charge in [-0.05, 0) is 92.0 Å². The Hall–Kier alpha value is -3.14. The molecule has 0 bridgehead atoms. The first-order chi connectivity index (χ1) is 14.8. The highest BCUT2D eigenvalue weighted by atomic mass is 19.1. The second-order valence-electron chi connectivity index (χ2n) is 8.65. The predicted octanol–water partition coefficient (Wildman–Crippen LogP) is 6.75. The van der Waals surface area contributed by atoms with Crippen LogP contribution in [0, 0.1) is 12.7 Å². The van der Waals surface area contributed by atoms with Crippen molar-refractivity contribution in [2.75, 3.05) is 0 Å². The Balaban J connectivity index is 1.56. The standard InChI is InChI=1S/C27H29FN2O/c1-17-7-5-8-23(28)24(17)26(29)30-22-11-9-21(10-12-22)19(3)20(4)25-18(2)13-16-27(31-25)14-6-15-27/h5,7-12H,2-3,6,13-16H2,1,4H3,(H2,29,30). The topological polar surface area (TPSA) is 47.6 Å². The van der Waals surface area contributed by atoms with Gasteiger partial charge in [-0.1, -0.05) is 37.4 Å². The molecule has 1 spiro atoms. The number of halogens is 1. The largest absolute Gasteiger partial charge is 0.487 e. The zero-order valence-corrected chi connectivity index (χ0v) is 18.3. The maximum atomic E-state index is 14.2. The number of hydrogen-bond acceptors (Lipinski definition) is 2. The maximum Gasteiger partial charge on any atom is 0.134 e. The molecule has 31 heavy (non-hydrogen) atoms. The number of nitrogens with zero attached hydrogens (tertiary/aromatic N) is 1. The van der Waals surface area contributed by atoms with E-state index in [4.69, 9.17) is 10.5 Å². The molecule has 1 saturated carbocycles. The van der Waals surface area contributed by atoms with Crippen LogP contribution >= 0.6 is 0 Å². The highest BCUT2D eigenvalue weighted by Crippen LogP contribution is 2.48. The lowest BCUT2D eigenvalue weighted by molar-refractivity contribution is -0.0775. The van der Waals surface area contributed by atoms with Gasteiger partial charge < -0.3 is 10.5 Å². The van der Waals surface area contributed by atoms with E-state index in [1.807, 2.05) is 44.2 Å². The lowest BCUT2D eigenvalue weighted by atomic mass is 9.74. The van der Waals surface area contributed by atoms with E-state index in [9.17, 15) is 4.39 Å². The summed E-state index contributed by atoms with van der Waals surface area (Å²) in [4.78, 5) is 4.41. The third-order valence-corrected chi connectivity index (χ3v) is 6.52. The third kappa shape index (κ3) is 4.07. The Bertz CT molecular complexity index is 1080. The van der Waals surface area contributed by atoms with Gasteiger partial charge in [0.2, 0.25) is 0 Å². The van der Waals surface area contributed by atoms with E-state index in [0.29, 0.717) is 11.3 Å². The highest BCUT2D eigenvalue weighted by Gasteiger charge is 2.43. The summed E-state index contributed by atoms with van der Waals surface area (Å²) in [7, 11) is 0. The van der Waals surface area contributed by atoms with Crippen molar-refractivity contribution in [2.45, 2.75) is 51.6 Å². The van der Waals surface area contributed by atoms with Crippen LogP contribution in [-0.4, -0.2) is 11.4 Å². The Morgan fingerprint density at radius 3 is 2.45 bits per heavy atom. The number of nitrogens with two attached hydrogens (primary N) is 1. The molecule has 2 N–H and O–H groups in total. The molecule has 4 rings (SSSR count). The van der Waals surface area contributed by atoms with Gasteiger partial charge in [-0.25, -0.2) is 9.38 Å². The molecule has 160 valence electrons. The van der Waals surface area contributed by atoms with Crippen LogP contribution in [0.3, 0.4) is 0 Å². The van der Waals surface area contributed by atoms with Gasteiger partial charge in [0.15, 0.2) is 0 Å². The van der Waals surface area contributed by atoms with E-state index in [-0.39, 0.29) is 17.3 Å². The molecular weight excluding hydrogens is 387 g/mol. The van der Waals surface area contributed by atoms with Crippen LogP contribution < -0.4 is 5.73 Å². The van der Waals surface area contributed by atoms with Gasteiger partial charge in [-0.3, -0.25) is 0 Å². The number of ether oxygens (including phenoxy) is 1. The van der Waals surface area contributed by atoms with E-state index in [0.717, 1.165) is 59.3 Å². The van der Waals surface area contributed by atoms with Crippen molar-refractivity contribution in [3.8, 4) is 0 Å². The molecule has 2 fully saturated rings. The Labute approximate surface area is 183 Å². The van der Waals surface area contributed by atoms with E-state index < -0.39 is 0 Å². The minimum atomic E-state index is -0.370. The molecule has 1 saturated heterocycles. The van der Waals surface area contributed by atoms with Crippen LogP contribution in [-0.2, 0) is 4.74 Å². The van der Waals surface area contributed by atoms with Crippen molar-refractivity contribution < 1.29 is 9.13 Å². The third-order valence-electron chi connectivity index (χ3n) is 6.52. The fourth-order valence-electron chi connectivity index (χ4n) is 4.34. The molecular formula is C27H29FN2O. The number of aryl methyl sites for hydroxylation is 1. The number of amidine groups is 1. The molecule has 2 aliphatic rings. The first kappa shape index (κ1) is 21.1. The van der Waals surface area contributed by atoms with Crippen LogP contribution in [0.2, 0.25) is 0 Å². The van der Waals surface area contributed by atoms with Gasteiger partial charge in [0.25, 0.3) is 0 Å². The van der Waals surface area contributed by atoms with Gasteiger partial charge in [0, 0.05) is 0 Å². The highest BCUT2D eigenvalue weighted by molar-refractivity contribution is 6.00. The summed E-state index contributed by atoms with van der Waals surface area (Å²) < 4.78 is 20.6. The molecule has 1 aliphatic heterocycles. The number of aliphatic imine (C=N–C) groups is 1. The number of allylic oxidation sites excluding steroid dienone is 3. The van der Waals surface area contributed by atoms with Crippen molar-refractivity contribution in [1.82, 2.24) is 0 Å². The first-order valence-electron chi connectivity index (χ1n) is 10.8. The van der Waals surface area contributed by atoms with E-state index in [1.165, 1.54) is 12.5 Å². The number of benzene rings is 2. The van der Waals surface area contributed by atoms with Crippen LogP contribution in [0.15, 0.2) is 77.5 Å². The van der Waals surface area contributed by atoms with Gasteiger partial charge in [-0.2, -0.15) is 0 Å². The average Bonchev–Trinajstić information content (AvgIpc) is 2.72. The summed E-state index contributed by atoms with van der Waals surface area (Å²) in [5.41, 5.74) is 11.8. The Morgan fingerprint density at radius 2 is 1.84 bits per heavy atom. The molecule has 0 amide bonds. The minimum absolute atomic E-state index is 0.0129. The molecule has 0 radical (unpaired) electrons. The second-order valence-corrected chi connectivity index (χ2v) is 8.65. The Morgan fingerprint density at radius 1 is 1.13 bits per heavy atom. The summed E-state index contributed by atoms with van der Waals surface area (Å²) in [5.74, 6) is 0.695.